The van der Waals surface area contributed by atoms with Gasteiger partial charge in [0, 0.05) is 0 Å². The third-order valence-corrected chi connectivity index (χ3v) is 19.0. The fourth-order valence-corrected chi connectivity index (χ4v) is 15.2. The Morgan fingerprint density at radius 1 is 0.762 bits per heavy atom. The fourth-order valence-electron chi connectivity index (χ4n) is 7.93. The number of carbonyl (C=O) groups is 2. The Balaban J connectivity index is 1.41. The minimum atomic E-state index is -2.77. The summed E-state index contributed by atoms with van der Waals surface area (Å²) in [7, 11) is 0.379. The van der Waals surface area contributed by atoms with E-state index in [1.165, 1.54) is 14.8 Å². The number of hydrogen-bond donors (Lipinski definition) is 0. The monoisotopic (exact) mass is 936 g/mol. The number of methoxy groups -OCH3 is 2. The number of rotatable bonds is 23. The van der Waals surface area contributed by atoms with Crippen molar-refractivity contribution in [2.45, 2.75) is 89.3 Å². The number of benzene rings is 5. The second kappa shape index (κ2) is 24.2. The summed E-state index contributed by atoms with van der Waals surface area (Å²) in [6.45, 7) is 13.1. The Morgan fingerprint density at radius 2 is 1.35 bits per heavy atom. The molecule has 0 bridgehead atoms. The van der Waals surface area contributed by atoms with Gasteiger partial charge in [-0.2, -0.15) is 0 Å². The predicted molar refractivity (Wildman–Crippen MR) is 257 cm³/mol. The van der Waals surface area contributed by atoms with Crippen molar-refractivity contribution < 1.29 is 37.7 Å². The molecule has 4 atom stereocenters. The van der Waals surface area contributed by atoms with Crippen LogP contribution in [0.5, 0.6) is 11.5 Å². The molecule has 5 aromatic carbocycles. The first-order valence-corrected chi connectivity index (χ1v) is 25.6. The zero-order valence-corrected chi connectivity index (χ0v) is 40.8. The van der Waals surface area contributed by atoms with E-state index in [1.807, 2.05) is 48.5 Å². The van der Waals surface area contributed by atoms with Crippen LogP contribution in [0.3, 0.4) is 0 Å². The molecule has 0 spiro atoms. The molecule has 0 fully saturated rings. The van der Waals surface area contributed by atoms with Crippen LogP contribution in [0.4, 0.5) is 0 Å². The van der Waals surface area contributed by atoms with Crippen LogP contribution in [0.2, 0.25) is 5.04 Å². The number of ether oxygens (including phenoxy) is 5. The molecule has 5 aromatic rings. The molecule has 0 radical (unpaired) electrons. The van der Waals surface area contributed by atoms with Gasteiger partial charge in [-0.3, -0.25) is 0 Å². The average molecular weight is 936 g/mol. The van der Waals surface area contributed by atoms with Crippen LogP contribution in [0.1, 0.15) is 98.3 Å². The van der Waals surface area contributed by atoms with Crippen LogP contribution in [0.25, 0.3) is 0 Å². The maximum absolute atomic E-state index is 13.7. The molecule has 0 aromatic heterocycles. The van der Waals surface area contributed by atoms with Crippen molar-refractivity contribution in [2.75, 3.05) is 27.6 Å². The van der Waals surface area contributed by atoms with Gasteiger partial charge in [-0.15, -0.1) is 0 Å². The van der Waals surface area contributed by atoms with Crippen LogP contribution in [0.15, 0.2) is 146 Å². The summed E-state index contributed by atoms with van der Waals surface area (Å²) in [6, 6.07) is 44.5. The first-order valence-electron chi connectivity index (χ1n) is 21.9. The van der Waals surface area contributed by atoms with Crippen molar-refractivity contribution in [3.63, 3.8) is 0 Å². The van der Waals surface area contributed by atoms with Crippen LogP contribution < -0.4 is 24.3 Å². The molecule has 0 heterocycles. The first kappa shape index (κ1) is 49.1. The third kappa shape index (κ3) is 13.3. The van der Waals surface area contributed by atoms with Crippen LogP contribution in [-0.2, 0) is 18.6 Å². The van der Waals surface area contributed by atoms with Crippen LogP contribution in [0, 0.1) is 5.92 Å². The summed E-state index contributed by atoms with van der Waals surface area (Å²) >= 11 is -0.0725. The molecule has 2 unspecified atom stereocenters. The molecule has 10 heteroatoms. The predicted octanol–water partition coefficient (Wildman–Crippen LogP) is 9.87. The van der Waals surface area contributed by atoms with E-state index >= 15 is 0 Å². The second-order valence-corrected chi connectivity index (χ2v) is 23.6. The molecule has 0 N–H and O–H groups in total. The van der Waals surface area contributed by atoms with Gasteiger partial charge in [0.2, 0.25) is 0 Å². The Bertz CT molecular complexity index is 2140. The number of hydrogen-bond acceptors (Lipinski definition) is 8. The van der Waals surface area contributed by atoms with Gasteiger partial charge >= 0.3 is 288 Å². The van der Waals surface area contributed by atoms with Crippen molar-refractivity contribution in [1.82, 2.24) is 0 Å². The van der Waals surface area contributed by atoms with Gasteiger partial charge in [0.15, 0.2) is 0 Å². The molecule has 0 saturated carbocycles. The number of esters is 2. The van der Waals surface area contributed by atoms with Crippen molar-refractivity contribution in [1.29, 1.82) is 0 Å². The summed E-state index contributed by atoms with van der Waals surface area (Å²) in [4.78, 5) is 27.3. The molecular formula is C53H64O8SeSi. The molecule has 0 amide bonds. The van der Waals surface area contributed by atoms with Crippen molar-refractivity contribution >= 4 is 50.0 Å². The zero-order valence-electron chi connectivity index (χ0n) is 38.1. The molecule has 0 aliphatic carbocycles. The molecule has 0 aliphatic heterocycles. The minimum absolute atomic E-state index is 0.0258. The van der Waals surface area contributed by atoms with Gasteiger partial charge in [0.25, 0.3) is 0 Å². The van der Waals surface area contributed by atoms with Gasteiger partial charge in [-0.05, 0) is 15.4 Å². The van der Waals surface area contributed by atoms with E-state index in [9.17, 15) is 9.59 Å². The van der Waals surface area contributed by atoms with E-state index in [-0.39, 0.29) is 56.2 Å². The zero-order chi connectivity index (χ0) is 45.2. The molecule has 0 saturated heterocycles. The Hall–Kier alpha value is -4.96. The summed E-state index contributed by atoms with van der Waals surface area (Å²) in [5, 5.41) is 2.31. The van der Waals surface area contributed by atoms with Crippen LogP contribution in [-0.4, -0.2) is 75.0 Å². The van der Waals surface area contributed by atoms with Crippen molar-refractivity contribution in [3.05, 3.63) is 162 Å². The fraction of sp³-hybridized carbons (Fsp3) is 0.358. The Morgan fingerprint density at radius 3 is 1.90 bits per heavy atom. The Kier molecular flexibility index (Phi) is 18.8. The van der Waals surface area contributed by atoms with E-state index in [2.05, 4.69) is 113 Å². The third-order valence-electron chi connectivity index (χ3n) is 11.0. The maximum atomic E-state index is 13.7. The summed E-state index contributed by atoms with van der Waals surface area (Å²) in [6.07, 6.45) is 6.51. The van der Waals surface area contributed by atoms with Crippen molar-refractivity contribution in [2.24, 2.45) is 5.92 Å². The van der Waals surface area contributed by atoms with E-state index in [4.69, 9.17) is 28.1 Å². The van der Waals surface area contributed by atoms with Gasteiger partial charge in [0.05, 0.1) is 0 Å². The van der Waals surface area contributed by atoms with Gasteiger partial charge in [-0.25, -0.2) is 0 Å². The average Bonchev–Trinajstić information content (AvgIpc) is 3.29. The second-order valence-electron chi connectivity index (χ2n) is 16.7. The SMILES string of the molecule is CCOC(=O)c1c(OCOC)cc(OC)cc1C(CCC[C@H](C)C(/C=C\C[C@H](C)O[Si](c1ccccc1)(c1ccccc1)C(C)(C)C)OC(=O)c1ccccc1)[Se]c1ccccc1. The molecular weight excluding hydrogens is 872 g/mol. The quantitative estimate of drug-likeness (QED) is 0.0277. The molecule has 0 aliphatic rings. The Labute approximate surface area is 382 Å². The van der Waals surface area contributed by atoms with E-state index in [0.29, 0.717) is 29.0 Å². The van der Waals surface area contributed by atoms with Crippen molar-refractivity contribution in [3.8, 4) is 11.5 Å². The summed E-state index contributed by atoms with van der Waals surface area (Å²) in [5.74, 6) is 0.102. The van der Waals surface area contributed by atoms with E-state index in [0.717, 1.165) is 24.8 Å². The molecule has 334 valence electrons. The molecule has 63 heavy (non-hydrogen) atoms. The standard InChI is InChI=1S/C53H64O8SeSi/c1-9-58-52(55)50-46(36-42(57-8)37-48(50)59-38-56-7)49(62-43-28-16-11-17-29-43)35-22-24-39(2)47(60-51(54)41-26-14-10-15-27-41)34-23-25-40(3)61-63(53(4,5)6,44-30-18-12-19-31-44)45-32-20-13-21-33-45/h10-21,23,26-34,36-37,39-40,47,49H,9,22,24-25,35,38H2,1-8H3/b34-23-/t39-,40-,47?,49?/m0/s1. The molecule has 8 nitrogen and oxygen atoms in total. The normalized spacial score (nSPS) is 13.8. The topological polar surface area (TPSA) is 89.5 Å². The first-order chi connectivity index (χ1) is 30.4. The van der Waals surface area contributed by atoms with Crippen LogP contribution >= 0.6 is 0 Å². The summed E-state index contributed by atoms with van der Waals surface area (Å²) in [5.41, 5.74) is 1.71. The van der Waals surface area contributed by atoms with Gasteiger partial charge in [-0.1, -0.05) is 81.4 Å². The van der Waals surface area contributed by atoms with E-state index < -0.39 is 20.4 Å². The number of carbonyl (C=O) groups excluding carboxylic acids is 2. The van der Waals surface area contributed by atoms with E-state index in [1.54, 1.807) is 39.3 Å². The molecule has 5 rings (SSSR count). The summed E-state index contributed by atoms with van der Waals surface area (Å²) < 4.78 is 37.4. The van der Waals surface area contributed by atoms with Gasteiger partial charge in [0.1, 0.15) is 0 Å². The van der Waals surface area contributed by atoms with Gasteiger partial charge < -0.3 is 0 Å².